The maximum absolute atomic E-state index is 12.9. The highest BCUT2D eigenvalue weighted by Gasteiger charge is 2.38. The summed E-state index contributed by atoms with van der Waals surface area (Å²) in [5.74, 6) is -0.774. The molecule has 3 amide bonds. The lowest BCUT2D eigenvalue weighted by atomic mass is 10.0. The third kappa shape index (κ3) is 2.51. The van der Waals surface area contributed by atoms with E-state index in [-0.39, 0.29) is 17.7 Å². The van der Waals surface area contributed by atoms with Crippen molar-refractivity contribution in [3.63, 3.8) is 0 Å². The number of nitrogens with zero attached hydrogens (tertiary/aromatic N) is 2. The first-order valence-electron chi connectivity index (χ1n) is 8.87. The summed E-state index contributed by atoms with van der Waals surface area (Å²) in [7, 11) is 0. The van der Waals surface area contributed by atoms with E-state index in [1.54, 1.807) is 23.1 Å². The molecule has 0 spiro atoms. The Kier molecular flexibility index (Phi) is 3.87. The van der Waals surface area contributed by atoms with E-state index in [0.29, 0.717) is 22.4 Å². The van der Waals surface area contributed by atoms with Crippen molar-refractivity contribution in [2.24, 2.45) is 0 Å². The topological polar surface area (TPSA) is 57.7 Å². The Morgan fingerprint density at radius 2 is 1.58 bits per heavy atom. The molecule has 2 aliphatic heterocycles. The molecule has 5 heteroatoms. The van der Waals surface area contributed by atoms with Gasteiger partial charge in [-0.15, -0.1) is 0 Å². The number of imide groups is 1. The van der Waals surface area contributed by atoms with Crippen LogP contribution in [0.4, 0.5) is 5.69 Å². The smallest absolute Gasteiger partial charge is 0.266 e. The lowest BCUT2D eigenvalue weighted by molar-refractivity contribution is 0.0792. The molecule has 2 aromatic carbocycles. The number of amides is 3. The Bertz CT molecular complexity index is 942. The molecule has 4 rings (SSSR count). The standard InChI is InChI=1S/C21H20N2O3/c1-13-5-6-14(2)18(11-13)23-20(25)16-8-7-15(12-17(16)21(23)26)19(24)22-9-3-4-10-22/h5-8,11-12H,3-4,9-10H2,1-2H3. The largest absolute Gasteiger partial charge is 0.339 e. The zero-order valence-electron chi connectivity index (χ0n) is 14.9. The fraction of sp³-hybridized carbons (Fsp3) is 0.286. The van der Waals surface area contributed by atoms with Crippen LogP contribution in [0.2, 0.25) is 0 Å². The van der Waals surface area contributed by atoms with Crippen LogP contribution >= 0.6 is 0 Å². The summed E-state index contributed by atoms with van der Waals surface area (Å²) in [6, 6.07) is 10.5. The van der Waals surface area contributed by atoms with Gasteiger partial charge in [-0.25, -0.2) is 4.90 Å². The number of aryl methyl sites for hydroxylation is 2. The monoisotopic (exact) mass is 348 g/mol. The van der Waals surface area contributed by atoms with E-state index < -0.39 is 0 Å². The average Bonchev–Trinajstić information content (AvgIpc) is 3.25. The van der Waals surface area contributed by atoms with Gasteiger partial charge in [0.1, 0.15) is 0 Å². The first-order chi connectivity index (χ1) is 12.5. The minimum absolute atomic E-state index is 0.0734. The van der Waals surface area contributed by atoms with Gasteiger partial charge in [0, 0.05) is 18.7 Å². The fourth-order valence-electron chi connectivity index (χ4n) is 3.66. The zero-order valence-corrected chi connectivity index (χ0v) is 14.9. The molecule has 26 heavy (non-hydrogen) atoms. The second-order valence-electron chi connectivity index (χ2n) is 7.00. The molecule has 0 bridgehead atoms. The summed E-state index contributed by atoms with van der Waals surface area (Å²) in [5, 5.41) is 0. The maximum atomic E-state index is 12.9. The summed E-state index contributed by atoms with van der Waals surface area (Å²) >= 11 is 0. The van der Waals surface area contributed by atoms with Gasteiger partial charge in [-0.3, -0.25) is 14.4 Å². The molecule has 1 saturated heterocycles. The number of rotatable bonds is 2. The normalized spacial score (nSPS) is 16.4. The van der Waals surface area contributed by atoms with Crippen molar-refractivity contribution in [1.82, 2.24) is 4.90 Å². The molecule has 1 fully saturated rings. The molecular weight excluding hydrogens is 328 g/mol. The second kappa shape index (κ2) is 6.09. The number of benzene rings is 2. The molecule has 0 aliphatic carbocycles. The van der Waals surface area contributed by atoms with Gasteiger partial charge in [0.05, 0.1) is 16.8 Å². The van der Waals surface area contributed by atoms with E-state index >= 15 is 0 Å². The third-order valence-electron chi connectivity index (χ3n) is 5.13. The van der Waals surface area contributed by atoms with Crippen LogP contribution in [0.1, 0.15) is 55.0 Å². The van der Waals surface area contributed by atoms with Crippen LogP contribution in [0.15, 0.2) is 36.4 Å². The summed E-state index contributed by atoms with van der Waals surface area (Å²) < 4.78 is 0. The van der Waals surface area contributed by atoms with Crippen molar-refractivity contribution in [1.29, 1.82) is 0 Å². The quantitative estimate of drug-likeness (QED) is 0.782. The Labute approximate surface area is 152 Å². The van der Waals surface area contributed by atoms with Gasteiger partial charge < -0.3 is 4.90 Å². The molecule has 0 aromatic heterocycles. The van der Waals surface area contributed by atoms with Crippen molar-refractivity contribution in [2.45, 2.75) is 26.7 Å². The lowest BCUT2D eigenvalue weighted by Gasteiger charge is -2.17. The molecule has 2 heterocycles. The first-order valence-corrected chi connectivity index (χ1v) is 8.87. The van der Waals surface area contributed by atoms with Gasteiger partial charge in [0.15, 0.2) is 0 Å². The number of carbonyl (C=O) groups excluding carboxylic acids is 3. The maximum Gasteiger partial charge on any atom is 0.266 e. The highest BCUT2D eigenvalue weighted by Crippen LogP contribution is 2.32. The average molecular weight is 348 g/mol. The molecule has 0 radical (unpaired) electrons. The Hall–Kier alpha value is -2.95. The number of hydrogen-bond acceptors (Lipinski definition) is 3. The molecule has 2 aliphatic rings. The summed E-state index contributed by atoms with van der Waals surface area (Å²) in [6.07, 6.45) is 2.02. The lowest BCUT2D eigenvalue weighted by Crippen LogP contribution is -2.30. The third-order valence-corrected chi connectivity index (χ3v) is 5.13. The predicted molar refractivity (Wildman–Crippen MR) is 98.6 cm³/mol. The van der Waals surface area contributed by atoms with E-state index in [2.05, 4.69) is 0 Å². The SMILES string of the molecule is Cc1ccc(C)c(N2C(=O)c3ccc(C(=O)N4CCCC4)cc3C2=O)c1. The van der Waals surface area contributed by atoms with Gasteiger partial charge in [-0.05, 0) is 62.1 Å². The Morgan fingerprint density at radius 1 is 0.885 bits per heavy atom. The summed E-state index contributed by atoms with van der Waals surface area (Å²) in [6.45, 7) is 5.30. The molecule has 0 N–H and O–H groups in total. The highest BCUT2D eigenvalue weighted by atomic mass is 16.2. The minimum Gasteiger partial charge on any atom is -0.339 e. The van der Waals surface area contributed by atoms with Crippen LogP contribution in [-0.4, -0.2) is 35.7 Å². The number of likely N-dealkylation sites (tertiary alicyclic amines) is 1. The molecule has 132 valence electrons. The summed E-state index contributed by atoms with van der Waals surface area (Å²) in [4.78, 5) is 41.4. The Morgan fingerprint density at radius 3 is 2.31 bits per heavy atom. The van der Waals surface area contributed by atoms with Crippen molar-refractivity contribution in [3.05, 3.63) is 64.2 Å². The van der Waals surface area contributed by atoms with Crippen LogP contribution in [-0.2, 0) is 0 Å². The van der Waals surface area contributed by atoms with Crippen LogP contribution in [0.5, 0.6) is 0 Å². The molecule has 0 unspecified atom stereocenters. The van der Waals surface area contributed by atoms with Gasteiger partial charge in [-0.2, -0.15) is 0 Å². The van der Waals surface area contributed by atoms with Crippen LogP contribution in [0.3, 0.4) is 0 Å². The number of fused-ring (bicyclic) bond motifs is 1. The van der Waals surface area contributed by atoms with E-state index in [9.17, 15) is 14.4 Å². The second-order valence-corrected chi connectivity index (χ2v) is 7.00. The molecule has 0 atom stereocenters. The minimum atomic E-state index is -0.366. The fourth-order valence-corrected chi connectivity index (χ4v) is 3.66. The Balaban J connectivity index is 1.72. The van der Waals surface area contributed by atoms with Crippen LogP contribution < -0.4 is 4.90 Å². The van der Waals surface area contributed by atoms with E-state index in [0.717, 1.165) is 37.1 Å². The van der Waals surface area contributed by atoms with Gasteiger partial charge in [0.25, 0.3) is 17.7 Å². The van der Waals surface area contributed by atoms with E-state index in [1.807, 2.05) is 32.0 Å². The number of carbonyl (C=O) groups is 3. The van der Waals surface area contributed by atoms with Crippen molar-refractivity contribution in [2.75, 3.05) is 18.0 Å². The molecule has 0 saturated carbocycles. The predicted octanol–water partition coefficient (Wildman–Crippen LogP) is 3.34. The number of anilines is 1. The van der Waals surface area contributed by atoms with Crippen LogP contribution in [0.25, 0.3) is 0 Å². The van der Waals surface area contributed by atoms with Crippen molar-refractivity contribution in [3.8, 4) is 0 Å². The molecular formula is C21H20N2O3. The van der Waals surface area contributed by atoms with Gasteiger partial charge in [-0.1, -0.05) is 12.1 Å². The number of hydrogen-bond donors (Lipinski definition) is 0. The zero-order chi connectivity index (χ0) is 18.4. The van der Waals surface area contributed by atoms with Gasteiger partial charge >= 0.3 is 0 Å². The molecule has 2 aromatic rings. The van der Waals surface area contributed by atoms with Crippen molar-refractivity contribution < 1.29 is 14.4 Å². The van der Waals surface area contributed by atoms with E-state index in [4.69, 9.17) is 0 Å². The summed E-state index contributed by atoms with van der Waals surface area (Å²) in [5.41, 5.74) is 3.57. The van der Waals surface area contributed by atoms with Gasteiger partial charge in [0.2, 0.25) is 0 Å². The first kappa shape index (κ1) is 16.5. The van der Waals surface area contributed by atoms with E-state index in [1.165, 1.54) is 4.90 Å². The van der Waals surface area contributed by atoms with Crippen molar-refractivity contribution >= 4 is 23.4 Å². The highest BCUT2D eigenvalue weighted by molar-refractivity contribution is 6.35. The molecule has 5 nitrogen and oxygen atoms in total. The van der Waals surface area contributed by atoms with Crippen LogP contribution in [0, 0.1) is 13.8 Å².